The number of carbonyl (C=O) groups is 1. The molecule has 0 spiro atoms. The molecule has 5 rings (SSSR count). The fourth-order valence-electron chi connectivity index (χ4n) is 3.86. The molecule has 186 valence electrons. The monoisotopic (exact) mass is 486 g/mol. The van der Waals surface area contributed by atoms with Crippen molar-refractivity contribution in [2.75, 3.05) is 11.9 Å². The van der Waals surface area contributed by atoms with Crippen LogP contribution < -0.4 is 15.4 Å². The maximum absolute atomic E-state index is 12.5. The van der Waals surface area contributed by atoms with E-state index in [1.54, 1.807) is 36.7 Å². The zero-order valence-electron chi connectivity index (χ0n) is 20.9. The summed E-state index contributed by atoms with van der Waals surface area (Å²) in [5.41, 5.74) is 3.93. The Morgan fingerprint density at radius 2 is 1.94 bits per heavy atom. The van der Waals surface area contributed by atoms with Crippen LogP contribution in [0, 0.1) is 13.8 Å². The molecule has 4 aromatic heterocycles. The van der Waals surface area contributed by atoms with Crippen LogP contribution >= 0.6 is 0 Å². The number of aryl methyl sites for hydroxylation is 2. The van der Waals surface area contributed by atoms with E-state index in [1.165, 1.54) is 0 Å². The molecule has 9 nitrogen and oxygen atoms in total. The Bertz CT molecular complexity index is 1440. The van der Waals surface area contributed by atoms with Crippen LogP contribution in [0.25, 0.3) is 16.6 Å². The van der Waals surface area contributed by atoms with Crippen molar-refractivity contribution in [1.82, 2.24) is 24.9 Å². The second-order valence-electron chi connectivity index (χ2n) is 9.99. The number of aliphatic hydroxyl groups is 1. The van der Waals surface area contributed by atoms with Crippen molar-refractivity contribution >= 4 is 23.1 Å². The zero-order valence-corrected chi connectivity index (χ0v) is 20.9. The summed E-state index contributed by atoms with van der Waals surface area (Å²) in [6, 6.07) is 11.7. The van der Waals surface area contributed by atoms with E-state index in [0.717, 1.165) is 40.9 Å². The minimum Gasteiger partial charge on any atom is -0.488 e. The van der Waals surface area contributed by atoms with Gasteiger partial charge in [-0.1, -0.05) is 0 Å². The van der Waals surface area contributed by atoms with Crippen molar-refractivity contribution in [2.24, 2.45) is 0 Å². The lowest BCUT2D eigenvalue weighted by Gasteiger charge is -2.19. The molecule has 0 atom stereocenters. The fraction of sp³-hybridized carbons (Fsp3) is 0.333. The number of nitrogens with one attached hydrogen (secondary N) is 2. The summed E-state index contributed by atoms with van der Waals surface area (Å²) in [5.74, 6) is 1.70. The highest BCUT2D eigenvalue weighted by atomic mass is 16.5. The summed E-state index contributed by atoms with van der Waals surface area (Å²) in [4.78, 5) is 21.4. The third kappa shape index (κ3) is 5.63. The lowest BCUT2D eigenvalue weighted by molar-refractivity contribution is 0.0286. The van der Waals surface area contributed by atoms with E-state index in [1.807, 2.05) is 44.3 Å². The molecule has 1 aliphatic carbocycles. The molecule has 9 heteroatoms. The third-order valence-corrected chi connectivity index (χ3v) is 5.74. The molecule has 0 aromatic carbocycles. The number of pyridine rings is 3. The highest BCUT2D eigenvalue weighted by molar-refractivity contribution is 5.95. The summed E-state index contributed by atoms with van der Waals surface area (Å²) < 4.78 is 7.66. The van der Waals surface area contributed by atoms with Crippen molar-refractivity contribution < 1.29 is 14.6 Å². The molecule has 1 saturated carbocycles. The molecule has 0 saturated heterocycles. The number of aromatic nitrogens is 4. The van der Waals surface area contributed by atoms with E-state index in [-0.39, 0.29) is 12.5 Å². The molecular weight excluding hydrogens is 456 g/mol. The van der Waals surface area contributed by atoms with Crippen molar-refractivity contribution in [3.63, 3.8) is 0 Å². The molecule has 1 aliphatic rings. The summed E-state index contributed by atoms with van der Waals surface area (Å²) in [6.07, 6.45) is 5.64. The standard InChI is InChI=1S/C27H30N6O3/c1-16-10-22(23(14-28-16)36-15-27(3,4)35)18-7-8-33-21(11-18)13-25(32-33)31-24-12-19(9-17(2)29-24)26(34)30-20-5-6-20/h7-14,20,35H,5-6,15H2,1-4H3,(H,30,34)(H,29,31,32). The van der Waals surface area contributed by atoms with Crippen LogP contribution in [0.2, 0.25) is 0 Å². The van der Waals surface area contributed by atoms with E-state index >= 15 is 0 Å². The summed E-state index contributed by atoms with van der Waals surface area (Å²) >= 11 is 0. The molecule has 4 aromatic rings. The molecule has 1 fully saturated rings. The molecule has 0 aliphatic heterocycles. The number of anilines is 2. The largest absolute Gasteiger partial charge is 0.488 e. The van der Waals surface area contributed by atoms with Gasteiger partial charge in [0.05, 0.1) is 17.3 Å². The van der Waals surface area contributed by atoms with Gasteiger partial charge in [0.25, 0.3) is 5.91 Å². The van der Waals surface area contributed by atoms with E-state index in [4.69, 9.17) is 4.74 Å². The van der Waals surface area contributed by atoms with E-state index in [2.05, 4.69) is 25.7 Å². The molecule has 0 bridgehead atoms. The van der Waals surface area contributed by atoms with Crippen molar-refractivity contribution in [2.45, 2.75) is 52.2 Å². The highest BCUT2D eigenvalue weighted by Gasteiger charge is 2.24. The van der Waals surface area contributed by atoms with Crippen molar-refractivity contribution in [3.05, 3.63) is 65.7 Å². The molecule has 0 unspecified atom stereocenters. The predicted octanol–water partition coefficient (Wildman–Crippen LogP) is 4.19. The average molecular weight is 487 g/mol. The van der Waals surface area contributed by atoms with Gasteiger partial charge in [0.15, 0.2) is 5.82 Å². The second-order valence-corrected chi connectivity index (χ2v) is 9.99. The first kappa shape index (κ1) is 23.7. The van der Waals surface area contributed by atoms with Crippen LogP contribution in [0.3, 0.4) is 0 Å². The Labute approximate surface area is 209 Å². The Morgan fingerprint density at radius 3 is 2.69 bits per heavy atom. The number of rotatable bonds is 8. The summed E-state index contributed by atoms with van der Waals surface area (Å²) in [6.45, 7) is 7.34. The van der Waals surface area contributed by atoms with E-state index < -0.39 is 5.60 Å². The lowest BCUT2D eigenvalue weighted by Crippen LogP contribution is -2.28. The van der Waals surface area contributed by atoms with Gasteiger partial charge in [0.1, 0.15) is 18.2 Å². The molecule has 0 radical (unpaired) electrons. The van der Waals surface area contributed by atoms with Gasteiger partial charge < -0.3 is 20.5 Å². The van der Waals surface area contributed by atoms with Crippen molar-refractivity contribution in [3.8, 4) is 16.9 Å². The van der Waals surface area contributed by atoms with E-state index in [9.17, 15) is 9.90 Å². The topological polar surface area (TPSA) is 114 Å². The first-order valence-electron chi connectivity index (χ1n) is 12.0. The molecule has 36 heavy (non-hydrogen) atoms. The minimum atomic E-state index is -0.958. The normalized spacial score (nSPS) is 13.6. The maximum Gasteiger partial charge on any atom is 0.251 e. The van der Waals surface area contributed by atoms with Gasteiger partial charge in [-0.3, -0.25) is 9.78 Å². The first-order chi connectivity index (χ1) is 17.1. The number of carbonyl (C=O) groups excluding carboxylic acids is 1. The Morgan fingerprint density at radius 1 is 1.14 bits per heavy atom. The molecule has 1 amide bonds. The Balaban J connectivity index is 1.41. The third-order valence-electron chi connectivity index (χ3n) is 5.74. The van der Waals surface area contributed by atoms with Gasteiger partial charge in [0.2, 0.25) is 0 Å². The van der Waals surface area contributed by atoms with Crippen LogP contribution in [-0.2, 0) is 0 Å². The highest BCUT2D eigenvalue weighted by Crippen LogP contribution is 2.32. The zero-order chi connectivity index (χ0) is 25.4. The number of ether oxygens (including phenoxy) is 1. The summed E-state index contributed by atoms with van der Waals surface area (Å²) in [5, 5.41) is 20.9. The van der Waals surface area contributed by atoms with Gasteiger partial charge in [-0.25, -0.2) is 9.50 Å². The Hall–Kier alpha value is -3.98. The second kappa shape index (κ2) is 9.23. The summed E-state index contributed by atoms with van der Waals surface area (Å²) in [7, 11) is 0. The first-order valence-corrected chi connectivity index (χ1v) is 12.0. The lowest BCUT2D eigenvalue weighted by atomic mass is 10.1. The minimum absolute atomic E-state index is 0.0825. The number of nitrogens with zero attached hydrogens (tertiary/aromatic N) is 4. The number of amides is 1. The number of hydrogen-bond acceptors (Lipinski definition) is 7. The fourth-order valence-corrected chi connectivity index (χ4v) is 3.86. The smallest absolute Gasteiger partial charge is 0.251 e. The maximum atomic E-state index is 12.5. The van der Waals surface area contributed by atoms with Gasteiger partial charge in [-0.15, -0.1) is 0 Å². The number of fused-ring (bicyclic) bond motifs is 1. The molecule has 4 heterocycles. The number of hydrogen-bond donors (Lipinski definition) is 3. The van der Waals surface area contributed by atoms with Crippen LogP contribution in [-0.4, -0.2) is 48.8 Å². The Kier molecular flexibility index (Phi) is 6.09. The quantitative estimate of drug-likeness (QED) is 0.342. The van der Waals surface area contributed by atoms with Crippen LogP contribution in [0.1, 0.15) is 48.4 Å². The SMILES string of the molecule is Cc1cc(-c2ccn3nc(Nc4cc(C(=O)NC5CC5)cc(C)n4)cc3c2)c(OCC(C)(C)O)cn1. The van der Waals surface area contributed by atoms with Gasteiger partial charge in [0, 0.05) is 40.8 Å². The molecule has 3 N–H and O–H groups in total. The van der Waals surface area contributed by atoms with Gasteiger partial charge in [-0.05, 0) is 76.4 Å². The van der Waals surface area contributed by atoms with Gasteiger partial charge >= 0.3 is 0 Å². The van der Waals surface area contributed by atoms with E-state index in [0.29, 0.717) is 29.0 Å². The predicted molar refractivity (Wildman–Crippen MR) is 138 cm³/mol. The van der Waals surface area contributed by atoms with Crippen LogP contribution in [0.4, 0.5) is 11.6 Å². The van der Waals surface area contributed by atoms with Crippen LogP contribution in [0.5, 0.6) is 5.75 Å². The molecular formula is C27H30N6O3. The van der Waals surface area contributed by atoms with Crippen LogP contribution in [0.15, 0.2) is 48.8 Å². The van der Waals surface area contributed by atoms with Gasteiger partial charge in [-0.2, -0.15) is 5.10 Å². The van der Waals surface area contributed by atoms with Crippen molar-refractivity contribution in [1.29, 1.82) is 0 Å². The average Bonchev–Trinajstić information content (AvgIpc) is 3.53.